The fourth-order valence-corrected chi connectivity index (χ4v) is 4.49. The lowest BCUT2D eigenvalue weighted by molar-refractivity contribution is -0.116. The van der Waals surface area contributed by atoms with Crippen LogP contribution in [-0.2, 0) is 11.3 Å². The molecule has 4 aromatic rings. The quantitative estimate of drug-likeness (QED) is 0.506. The summed E-state index contributed by atoms with van der Waals surface area (Å²) in [5, 5.41) is 5.37. The van der Waals surface area contributed by atoms with E-state index in [2.05, 4.69) is 16.4 Å². The minimum atomic E-state index is -0.274. The molecule has 2 aromatic carbocycles. The number of aryl methyl sites for hydroxylation is 2. The van der Waals surface area contributed by atoms with E-state index in [1.54, 1.807) is 0 Å². The van der Waals surface area contributed by atoms with E-state index < -0.39 is 0 Å². The SMILES string of the molecule is Cc1ccc(-c2csc3ncn(CC(=O)Nc4ccc(N(C)C)cc4)c(=O)c23)c(C)c1. The summed E-state index contributed by atoms with van der Waals surface area (Å²) in [6, 6.07) is 13.7. The first-order chi connectivity index (χ1) is 14.8. The predicted molar refractivity (Wildman–Crippen MR) is 128 cm³/mol. The van der Waals surface area contributed by atoms with E-state index in [1.165, 1.54) is 27.8 Å². The number of nitrogens with zero attached hydrogens (tertiary/aromatic N) is 3. The molecule has 4 rings (SSSR count). The minimum Gasteiger partial charge on any atom is -0.378 e. The molecule has 1 amide bonds. The Morgan fingerprint density at radius 1 is 1.10 bits per heavy atom. The standard InChI is InChI=1S/C24H24N4O2S/c1-15-5-10-19(16(2)11-15)20-13-31-23-22(20)24(30)28(14-25-23)12-21(29)26-17-6-8-18(9-7-17)27(3)4/h5-11,13-14H,12H2,1-4H3,(H,26,29). The molecule has 1 N–H and O–H groups in total. The van der Waals surface area contributed by atoms with Crippen molar-refractivity contribution in [2.45, 2.75) is 20.4 Å². The number of rotatable bonds is 5. The van der Waals surface area contributed by atoms with Crippen molar-refractivity contribution < 1.29 is 4.79 Å². The fourth-order valence-electron chi connectivity index (χ4n) is 3.59. The maximum absolute atomic E-state index is 13.2. The highest BCUT2D eigenvalue weighted by Gasteiger charge is 2.16. The lowest BCUT2D eigenvalue weighted by Gasteiger charge is -2.13. The van der Waals surface area contributed by atoms with Crippen molar-refractivity contribution in [2.75, 3.05) is 24.3 Å². The molecule has 2 aromatic heterocycles. The van der Waals surface area contributed by atoms with E-state index in [0.717, 1.165) is 22.4 Å². The summed E-state index contributed by atoms with van der Waals surface area (Å²) >= 11 is 1.44. The molecule has 0 spiro atoms. The lowest BCUT2D eigenvalue weighted by atomic mass is 9.99. The van der Waals surface area contributed by atoms with E-state index in [9.17, 15) is 9.59 Å². The molecule has 0 unspecified atom stereocenters. The normalized spacial score (nSPS) is 11.0. The molecule has 0 saturated heterocycles. The van der Waals surface area contributed by atoms with Gasteiger partial charge in [-0.3, -0.25) is 14.2 Å². The van der Waals surface area contributed by atoms with Crippen LogP contribution in [-0.4, -0.2) is 29.6 Å². The number of amides is 1. The van der Waals surface area contributed by atoms with Crippen LogP contribution in [0.3, 0.4) is 0 Å². The number of aromatic nitrogens is 2. The third kappa shape index (κ3) is 4.22. The lowest BCUT2D eigenvalue weighted by Crippen LogP contribution is -2.27. The Labute approximate surface area is 184 Å². The van der Waals surface area contributed by atoms with Gasteiger partial charge in [0.15, 0.2) is 0 Å². The number of carbonyl (C=O) groups is 1. The molecule has 0 aliphatic carbocycles. The Morgan fingerprint density at radius 3 is 2.52 bits per heavy atom. The molecule has 0 radical (unpaired) electrons. The number of anilines is 2. The third-order valence-electron chi connectivity index (χ3n) is 5.21. The van der Waals surface area contributed by atoms with Crippen LogP contribution in [0.2, 0.25) is 0 Å². The predicted octanol–water partition coefficient (Wildman–Crippen LogP) is 4.45. The zero-order valence-electron chi connectivity index (χ0n) is 18.0. The topological polar surface area (TPSA) is 67.2 Å². The summed E-state index contributed by atoms with van der Waals surface area (Å²) < 4.78 is 1.37. The van der Waals surface area contributed by atoms with Crippen LogP contribution >= 0.6 is 11.3 Å². The van der Waals surface area contributed by atoms with Crippen LogP contribution in [0, 0.1) is 13.8 Å². The van der Waals surface area contributed by atoms with Gasteiger partial charge in [-0.25, -0.2) is 4.98 Å². The second-order valence-electron chi connectivity index (χ2n) is 7.82. The average Bonchev–Trinajstić information content (AvgIpc) is 3.15. The van der Waals surface area contributed by atoms with Gasteiger partial charge in [-0.2, -0.15) is 0 Å². The number of hydrogen-bond acceptors (Lipinski definition) is 5. The van der Waals surface area contributed by atoms with Crippen LogP contribution < -0.4 is 15.8 Å². The van der Waals surface area contributed by atoms with Gasteiger partial charge >= 0.3 is 0 Å². The maximum atomic E-state index is 13.2. The van der Waals surface area contributed by atoms with Crippen LogP contribution in [0.25, 0.3) is 21.3 Å². The minimum absolute atomic E-state index is 0.0978. The molecular formula is C24H24N4O2S. The fraction of sp³-hybridized carbons (Fsp3) is 0.208. The summed E-state index contributed by atoms with van der Waals surface area (Å²) in [6.45, 7) is 3.98. The Bertz CT molecular complexity index is 1320. The van der Waals surface area contributed by atoms with Crippen LogP contribution in [0.4, 0.5) is 11.4 Å². The molecule has 0 aliphatic rings. The van der Waals surface area contributed by atoms with Gasteiger partial charge in [0.1, 0.15) is 11.4 Å². The van der Waals surface area contributed by atoms with Gasteiger partial charge in [0.05, 0.1) is 11.7 Å². The van der Waals surface area contributed by atoms with Crippen LogP contribution in [0.5, 0.6) is 0 Å². The Hall–Kier alpha value is -3.45. The Balaban J connectivity index is 1.62. The molecule has 7 heteroatoms. The van der Waals surface area contributed by atoms with Crippen molar-refractivity contribution >= 4 is 38.8 Å². The molecule has 158 valence electrons. The summed E-state index contributed by atoms with van der Waals surface area (Å²) in [7, 11) is 3.92. The second kappa shape index (κ2) is 8.35. The van der Waals surface area contributed by atoms with Gasteiger partial charge in [-0.1, -0.05) is 23.8 Å². The molecule has 0 aliphatic heterocycles. The number of fused-ring (bicyclic) bond motifs is 1. The highest BCUT2D eigenvalue weighted by atomic mass is 32.1. The Kier molecular flexibility index (Phi) is 5.61. The maximum Gasteiger partial charge on any atom is 0.263 e. The van der Waals surface area contributed by atoms with Gasteiger partial charge in [0.2, 0.25) is 5.91 Å². The molecule has 0 atom stereocenters. The highest BCUT2D eigenvalue weighted by Crippen LogP contribution is 2.33. The van der Waals surface area contributed by atoms with Gasteiger partial charge in [0.25, 0.3) is 5.56 Å². The van der Waals surface area contributed by atoms with Crippen LogP contribution in [0.1, 0.15) is 11.1 Å². The van der Waals surface area contributed by atoms with E-state index in [-0.39, 0.29) is 18.0 Å². The third-order valence-corrected chi connectivity index (χ3v) is 6.10. The molecular weight excluding hydrogens is 408 g/mol. The van der Waals surface area contributed by atoms with Crippen LogP contribution in [0.15, 0.2) is 59.0 Å². The smallest absolute Gasteiger partial charge is 0.263 e. The number of carbonyl (C=O) groups excluding carboxylic acids is 1. The van der Waals surface area contributed by atoms with Crippen molar-refractivity contribution in [3.05, 3.63) is 75.7 Å². The number of benzene rings is 2. The zero-order chi connectivity index (χ0) is 22.1. The summed E-state index contributed by atoms with van der Waals surface area (Å²) in [5.74, 6) is -0.274. The molecule has 0 saturated carbocycles. The largest absolute Gasteiger partial charge is 0.378 e. The summed E-state index contributed by atoms with van der Waals surface area (Å²) in [6.07, 6.45) is 1.45. The van der Waals surface area contributed by atoms with Gasteiger partial charge in [0, 0.05) is 36.4 Å². The highest BCUT2D eigenvalue weighted by molar-refractivity contribution is 7.17. The number of thiophene rings is 1. The van der Waals surface area contributed by atoms with Crippen molar-refractivity contribution in [1.82, 2.24) is 9.55 Å². The monoisotopic (exact) mass is 432 g/mol. The van der Waals surface area contributed by atoms with Crippen molar-refractivity contribution in [1.29, 1.82) is 0 Å². The first-order valence-electron chi connectivity index (χ1n) is 9.95. The first-order valence-corrected chi connectivity index (χ1v) is 10.8. The first kappa shape index (κ1) is 20.8. The molecule has 0 bridgehead atoms. The van der Waals surface area contributed by atoms with E-state index in [0.29, 0.717) is 15.9 Å². The van der Waals surface area contributed by atoms with E-state index in [1.807, 2.05) is 74.6 Å². The average molecular weight is 433 g/mol. The van der Waals surface area contributed by atoms with Crippen molar-refractivity contribution in [3.63, 3.8) is 0 Å². The second-order valence-corrected chi connectivity index (χ2v) is 8.67. The van der Waals surface area contributed by atoms with Gasteiger partial charge in [-0.05, 0) is 49.2 Å². The summed E-state index contributed by atoms with van der Waals surface area (Å²) in [4.78, 5) is 32.9. The molecule has 0 fully saturated rings. The molecule has 2 heterocycles. The molecule has 31 heavy (non-hydrogen) atoms. The van der Waals surface area contributed by atoms with Gasteiger partial charge < -0.3 is 10.2 Å². The summed E-state index contributed by atoms with van der Waals surface area (Å²) in [5.41, 5.74) is 5.67. The number of nitrogens with one attached hydrogen (secondary N) is 1. The Morgan fingerprint density at radius 2 is 1.84 bits per heavy atom. The van der Waals surface area contributed by atoms with Crippen molar-refractivity contribution in [3.8, 4) is 11.1 Å². The zero-order valence-corrected chi connectivity index (χ0v) is 18.8. The van der Waals surface area contributed by atoms with E-state index in [4.69, 9.17) is 0 Å². The van der Waals surface area contributed by atoms with Gasteiger partial charge in [-0.15, -0.1) is 11.3 Å². The van der Waals surface area contributed by atoms with E-state index >= 15 is 0 Å². The number of hydrogen-bond donors (Lipinski definition) is 1. The molecule has 6 nitrogen and oxygen atoms in total. The van der Waals surface area contributed by atoms with Crippen molar-refractivity contribution in [2.24, 2.45) is 0 Å².